The van der Waals surface area contributed by atoms with Crippen molar-refractivity contribution in [1.29, 1.82) is 0 Å². The quantitative estimate of drug-likeness (QED) is 0.150. The lowest BCUT2D eigenvalue weighted by Crippen LogP contribution is -2.27. The number of carbonyl (C=O) groups excluding carboxylic acids is 1. The highest BCUT2D eigenvalue weighted by atomic mass is 79.9. The summed E-state index contributed by atoms with van der Waals surface area (Å²) < 4.78 is 3.81. The van der Waals surface area contributed by atoms with Gasteiger partial charge in [0.2, 0.25) is 0 Å². The monoisotopic (exact) mass is 592 g/mol. The fourth-order valence-corrected chi connectivity index (χ4v) is 6.17. The van der Waals surface area contributed by atoms with Crippen LogP contribution in [-0.4, -0.2) is 14.8 Å². The minimum absolute atomic E-state index is 0.108. The SMILES string of the molecule is O=C1/C(=C/c2cc(-c3ccccc3)n(-c3ccc(Br)cc3)c2-c2ccccc2)SC(=S)N1c1ccccc1. The van der Waals surface area contributed by atoms with E-state index >= 15 is 0 Å². The number of thioether (sulfide) groups is 1. The first-order valence-corrected chi connectivity index (χ1v) is 14.1. The second-order valence-electron chi connectivity index (χ2n) is 8.73. The van der Waals surface area contributed by atoms with Gasteiger partial charge in [-0.25, -0.2) is 0 Å². The van der Waals surface area contributed by atoms with Gasteiger partial charge in [-0.3, -0.25) is 9.69 Å². The zero-order valence-corrected chi connectivity index (χ0v) is 23.3. The van der Waals surface area contributed by atoms with E-state index in [1.54, 1.807) is 4.90 Å². The van der Waals surface area contributed by atoms with Gasteiger partial charge in [0.05, 0.1) is 22.0 Å². The summed E-state index contributed by atoms with van der Waals surface area (Å²) in [5, 5.41) is 0. The van der Waals surface area contributed by atoms with Gasteiger partial charge in [-0.2, -0.15) is 0 Å². The molecule has 0 N–H and O–H groups in total. The fraction of sp³-hybridized carbons (Fsp3) is 0. The van der Waals surface area contributed by atoms with Crippen molar-refractivity contribution in [3.8, 4) is 28.2 Å². The number of amides is 1. The molecule has 6 heteroatoms. The molecular formula is C32H21BrN2OS2. The molecule has 1 aliphatic rings. The molecular weight excluding hydrogens is 572 g/mol. The van der Waals surface area contributed by atoms with Gasteiger partial charge in [-0.1, -0.05) is 119 Å². The van der Waals surface area contributed by atoms with E-state index in [-0.39, 0.29) is 5.91 Å². The number of hydrogen-bond acceptors (Lipinski definition) is 3. The van der Waals surface area contributed by atoms with Crippen molar-refractivity contribution < 1.29 is 4.79 Å². The van der Waals surface area contributed by atoms with E-state index in [9.17, 15) is 4.79 Å². The highest BCUT2D eigenvalue weighted by Gasteiger charge is 2.33. The molecule has 3 nitrogen and oxygen atoms in total. The molecule has 0 bridgehead atoms. The Morgan fingerprint density at radius 3 is 1.92 bits per heavy atom. The molecule has 5 aromatic rings. The Hall–Kier alpha value is -3.71. The zero-order valence-electron chi connectivity index (χ0n) is 20.1. The Bertz CT molecular complexity index is 1660. The third-order valence-electron chi connectivity index (χ3n) is 6.33. The van der Waals surface area contributed by atoms with E-state index in [4.69, 9.17) is 12.2 Å². The van der Waals surface area contributed by atoms with Crippen LogP contribution in [0.1, 0.15) is 5.56 Å². The van der Waals surface area contributed by atoms with E-state index in [2.05, 4.69) is 63.0 Å². The Kier molecular flexibility index (Phi) is 6.85. The highest BCUT2D eigenvalue weighted by molar-refractivity contribution is 9.10. The zero-order chi connectivity index (χ0) is 26.1. The van der Waals surface area contributed by atoms with Crippen LogP contribution in [0.2, 0.25) is 0 Å². The third kappa shape index (κ3) is 4.67. The van der Waals surface area contributed by atoms with Gasteiger partial charge in [-0.15, -0.1) is 0 Å². The van der Waals surface area contributed by atoms with Gasteiger partial charge in [0, 0.05) is 15.7 Å². The summed E-state index contributed by atoms with van der Waals surface area (Å²) in [5.74, 6) is -0.108. The molecule has 0 atom stereocenters. The van der Waals surface area contributed by atoms with Gasteiger partial charge in [-0.05, 0) is 59.7 Å². The molecule has 0 unspecified atom stereocenters. The second-order valence-corrected chi connectivity index (χ2v) is 11.3. The van der Waals surface area contributed by atoms with Crippen molar-refractivity contribution in [2.75, 3.05) is 4.90 Å². The number of benzene rings is 4. The van der Waals surface area contributed by atoms with Crippen LogP contribution in [0.15, 0.2) is 131 Å². The summed E-state index contributed by atoms with van der Waals surface area (Å²) in [6.45, 7) is 0. The normalized spacial score (nSPS) is 14.4. The summed E-state index contributed by atoms with van der Waals surface area (Å²) in [5.41, 5.74) is 6.95. The van der Waals surface area contributed by atoms with Crippen molar-refractivity contribution in [3.63, 3.8) is 0 Å². The first-order valence-electron chi connectivity index (χ1n) is 12.1. The minimum Gasteiger partial charge on any atom is -0.309 e. The molecule has 0 spiro atoms. The number of hydrogen-bond donors (Lipinski definition) is 0. The third-order valence-corrected chi connectivity index (χ3v) is 8.16. The van der Waals surface area contributed by atoms with E-state index in [1.165, 1.54) is 11.8 Å². The van der Waals surface area contributed by atoms with Crippen LogP contribution in [0.4, 0.5) is 5.69 Å². The molecule has 1 saturated heterocycles. The highest BCUT2D eigenvalue weighted by Crippen LogP contribution is 2.41. The van der Waals surface area contributed by atoms with Crippen LogP contribution in [0.3, 0.4) is 0 Å². The first kappa shape index (κ1) is 24.6. The van der Waals surface area contributed by atoms with Crippen LogP contribution in [0, 0.1) is 0 Å². The second kappa shape index (κ2) is 10.6. The van der Waals surface area contributed by atoms with Crippen molar-refractivity contribution in [2.45, 2.75) is 0 Å². The molecule has 6 rings (SSSR count). The van der Waals surface area contributed by atoms with Gasteiger partial charge in [0.15, 0.2) is 4.32 Å². The maximum Gasteiger partial charge on any atom is 0.270 e. The topological polar surface area (TPSA) is 25.2 Å². The molecule has 1 aliphatic heterocycles. The summed E-state index contributed by atoms with van der Waals surface area (Å²) in [7, 11) is 0. The van der Waals surface area contributed by atoms with E-state index in [1.807, 2.05) is 84.9 Å². The average molecular weight is 594 g/mol. The van der Waals surface area contributed by atoms with Crippen LogP contribution < -0.4 is 4.90 Å². The molecule has 1 fully saturated rings. The molecule has 2 heterocycles. The number of thiocarbonyl (C=S) groups is 1. The average Bonchev–Trinajstić information content (AvgIpc) is 3.47. The van der Waals surface area contributed by atoms with Gasteiger partial charge >= 0.3 is 0 Å². The number of rotatable bonds is 5. The molecule has 184 valence electrons. The fourth-order valence-electron chi connectivity index (χ4n) is 4.62. The van der Waals surface area contributed by atoms with Crippen LogP contribution in [0.25, 0.3) is 34.3 Å². The minimum atomic E-state index is -0.108. The molecule has 4 aromatic carbocycles. The lowest BCUT2D eigenvalue weighted by molar-refractivity contribution is -0.113. The lowest BCUT2D eigenvalue weighted by atomic mass is 10.1. The van der Waals surface area contributed by atoms with Crippen LogP contribution in [0.5, 0.6) is 0 Å². The molecule has 0 saturated carbocycles. The van der Waals surface area contributed by atoms with Crippen molar-refractivity contribution >= 4 is 61.9 Å². The Labute approximate surface area is 239 Å². The molecule has 38 heavy (non-hydrogen) atoms. The maximum absolute atomic E-state index is 13.6. The summed E-state index contributed by atoms with van der Waals surface area (Å²) in [6.07, 6.45) is 1.98. The summed E-state index contributed by atoms with van der Waals surface area (Å²) >= 11 is 10.5. The number of anilines is 1. The lowest BCUT2D eigenvalue weighted by Gasteiger charge is -2.15. The van der Waals surface area contributed by atoms with Crippen molar-refractivity contribution in [1.82, 2.24) is 4.57 Å². The number of halogens is 1. The molecule has 1 aromatic heterocycles. The number of carbonyl (C=O) groups is 1. The summed E-state index contributed by atoms with van der Waals surface area (Å²) in [6, 6.07) is 40.6. The van der Waals surface area contributed by atoms with Crippen molar-refractivity contribution in [3.05, 3.63) is 136 Å². The molecule has 0 aliphatic carbocycles. The van der Waals surface area contributed by atoms with E-state index in [0.717, 1.165) is 43.9 Å². The molecule has 1 amide bonds. The van der Waals surface area contributed by atoms with E-state index < -0.39 is 0 Å². The number of aromatic nitrogens is 1. The van der Waals surface area contributed by atoms with Crippen LogP contribution >= 0.6 is 39.9 Å². The Balaban J connectivity index is 1.58. The van der Waals surface area contributed by atoms with E-state index in [0.29, 0.717) is 9.23 Å². The first-order chi connectivity index (χ1) is 18.6. The van der Waals surface area contributed by atoms with Crippen LogP contribution in [-0.2, 0) is 4.79 Å². The van der Waals surface area contributed by atoms with Crippen molar-refractivity contribution in [2.24, 2.45) is 0 Å². The summed E-state index contributed by atoms with van der Waals surface area (Å²) in [4.78, 5) is 15.8. The van der Waals surface area contributed by atoms with Gasteiger partial charge < -0.3 is 4.57 Å². The maximum atomic E-state index is 13.6. The smallest absolute Gasteiger partial charge is 0.270 e. The van der Waals surface area contributed by atoms with Gasteiger partial charge in [0.25, 0.3) is 5.91 Å². The molecule has 0 radical (unpaired) electrons. The number of nitrogens with zero attached hydrogens (tertiary/aromatic N) is 2. The predicted octanol–water partition coefficient (Wildman–Crippen LogP) is 8.98. The van der Waals surface area contributed by atoms with Gasteiger partial charge in [0.1, 0.15) is 0 Å². The Morgan fingerprint density at radius 1 is 0.711 bits per heavy atom. The Morgan fingerprint density at radius 2 is 1.29 bits per heavy atom. The number of para-hydroxylation sites is 1. The largest absolute Gasteiger partial charge is 0.309 e. The predicted molar refractivity (Wildman–Crippen MR) is 166 cm³/mol. The standard InChI is InChI=1S/C32H21BrN2OS2/c33-25-16-18-27(19-17-25)34-28(22-10-4-1-5-11-22)20-24(30(34)23-12-6-2-7-13-23)21-29-31(36)35(32(37)38-29)26-14-8-3-9-15-26/h1-21H/b29-21-.